The number of nitrogens with one attached hydrogen (secondary N) is 1. The lowest BCUT2D eigenvalue weighted by molar-refractivity contribution is 0.0985. The molecule has 36 heavy (non-hydrogen) atoms. The van der Waals surface area contributed by atoms with E-state index >= 15 is 0 Å². The van der Waals surface area contributed by atoms with Gasteiger partial charge in [-0.3, -0.25) is 4.98 Å². The maximum atomic E-state index is 6.21. The number of ether oxygens (including phenoxy) is 1. The SMILES string of the molecule is Cc1nn(-c2cncc(Cl)c2)c(C)c1-c1cc(N2CCOC[C@H]2C)nc(-c2ccnc3[nH]ccc23)n1. The van der Waals surface area contributed by atoms with Crippen molar-refractivity contribution < 1.29 is 4.74 Å². The summed E-state index contributed by atoms with van der Waals surface area (Å²) in [6.07, 6.45) is 7.02. The summed E-state index contributed by atoms with van der Waals surface area (Å²) in [5.41, 5.74) is 6.10. The smallest absolute Gasteiger partial charge is 0.162 e. The van der Waals surface area contributed by atoms with Crippen molar-refractivity contribution in [1.29, 1.82) is 0 Å². The second-order valence-corrected chi connectivity index (χ2v) is 9.41. The molecule has 5 aromatic rings. The highest BCUT2D eigenvalue weighted by Crippen LogP contribution is 2.34. The minimum Gasteiger partial charge on any atom is -0.377 e. The molecule has 0 amide bonds. The van der Waals surface area contributed by atoms with Gasteiger partial charge in [0.2, 0.25) is 0 Å². The lowest BCUT2D eigenvalue weighted by Gasteiger charge is -2.34. The van der Waals surface area contributed by atoms with Gasteiger partial charge in [-0.2, -0.15) is 5.10 Å². The van der Waals surface area contributed by atoms with E-state index in [9.17, 15) is 0 Å². The van der Waals surface area contributed by atoms with Crippen LogP contribution in [-0.2, 0) is 4.74 Å². The first-order chi connectivity index (χ1) is 17.5. The van der Waals surface area contributed by atoms with E-state index in [2.05, 4.69) is 32.8 Å². The van der Waals surface area contributed by atoms with Crippen LogP contribution in [0.4, 0.5) is 5.82 Å². The molecule has 1 aliphatic heterocycles. The van der Waals surface area contributed by atoms with Crippen molar-refractivity contribution in [2.75, 3.05) is 24.7 Å². The monoisotopic (exact) mass is 500 g/mol. The third-order valence-corrected chi connectivity index (χ3v) is 6.76. The summed E-state index contributed by atoms with van der Waals surface area (Å²) < 4.78 is 7.54. The number of morpholine rings is 1. The molecule has 6 rings (SSSR count). The first-order valence-corrected chi connectivity index (χ1v) is 12.2. The molecule has 182 valence electrons. The normalized spacial score (nSPS) is 16.1. The Kier molecular flexibility index (Phi) is 5.66. The highest BCUT2D eigenvalue weighted by Gasteiger charge is 2.25. The zero-order valence-electron chi connectivity index (χ0n) is 20.2. The molecule has 1 N–H and O–H groups in total. The molecule has 1 fully saturated rings. The molecule has 0 unspecified atom stereocenters. The van der Waals surface area contributed by atoms with Gasteiger partial charge in [-0.05, 0) is 39.0 Å². The van der Waals surface area contributed by atoms with Gasteiger partial charge in [0, 0.05) is 47.7 Å². The predicted molar refractivity (Wildman–Crippen MR) is 140 cm³/mol. The number of hydrogen-bond donors (Lipinski definition) is 1. The zero-order chi connectivity index (χ0) is 24.8. The number of aromatic amines is 1. The maximum absolute atomic E-state index is 6.21. The molecule has 1 saturated heterocycles. The lowest BCUT2D eigenvalue weighted by Crippen LogP contribution is -2.44. The number of anilines is 1. The van der Waals surface area contributed by atoms with Gasteiger partial charge in [0.05, 0.1) is 53.2 Å². The van der Waals surface area contributed by atoms with E-state index < -0.39 is 0 Å². The van der Waals surface area contributed by atoms with E-state index in [0.717, 1.165) is 57.3 Å². The van der Waals surface area contributed by atoms with Crippen LogP contribution in [0.15, 0.2) is 49.1 Å². The van der Waals surface area contributed by atoms with Gasteiger partial charge in [-0.15, -0.1) is 0 Å². The van der Waals surface area contributed by atoms with Crippen molar-refractivity contribution in [3.63, 3.8) is 0 Å². The Balaban J connectivity index is 1.56. The summed E-state index contributed by atoms with van der Waals surface area (Å²) in [5, 5.41) is 6.34. The quantitative estimate of drug-likeness (QED) is 0.380. The molecule has 1 aliphatic rings. The van der Waals surface area contributed by atoms with Crippen LogP contribution in [0, 0.1) is 13.8 Å². The summed E-state index contributed by atoms with van der Waals surface area (Å²) in [4.78, 5) is 24.2. The molecule has 10 heteroatoms. The van der Waals surface area contributed by atoms with E-state index in [-0.39, 0.29) is 6.04 Å². The Labute approximate surface area is 213 Å². The van der Waals surface area contributed by atoms with Gasteiger partial charge in [0.1, 0.15) is 11.5 Å². The van der Waals surface area contributed by atoms with Crippen LogP contribution in [0.5, 0.6) is 0 Å². The van der Waals surface area contributed by atoms with Crippen LogP contribution < -0.4 is 4.90 Å². The number of H-pyrrole nitrogens is 1. The number of nitrogens with zero attached hydrogens (tertiary/aromatic N) is 7. The van der Waals surface area contributed by atoms with E-state index in [1.165, 1.54) is 0 Å². The zero-order valence-corrected chi connectivity index (χ0v) is 21.0. The van der Waals surface area contributed by atoms with E-state index in [1.807, 2.05) is 42.9 Å². The Bertz CT molecular complexity index is 1580. The topological polar surface area (TPSA) is 97.6 Å². The maximum Gasteiger partial charge on any atom is 0.162 e. The van der Waals surface area contributed by atoms with Gasteiger partial charge in [-0.25, -0.2) is 19.6 Å². The lowest BCUT2D eigenvalue weighted by atomic mass is 10.1. The molecule has 0 spiro atoms. The molecule has 0 radical (unpaired) electrons. The van der Waals surface area contributed by atoms with Crippen molar-refractivity contribution in [2.24, 2.45) is 0 Å². The molecule has 5 aromatic heterocycles. The first-order valence-electron chi connectivity index (χ1n) is 11.8. The van der Waals surface area contributed by atoms with E-state index in [0.29, 0.717) is 24.1 Å². The Morgan fingerprint density at radius 2 is 2.03 bits per heavy atom. The first kappa shape index (κ1) is 22.6. The van der Waals surface area contributed by atoms with Crippen molar-refractivity contribution >= 4 is 28.5 Å². The van der Waals surface area contributed by atoms with Crippen molar-refractivity contribution in [3.8, 4) is 28.3 Å². The van der Waals surface area contributed by atoms with Crippen LogP contribution >= 0.6 is 11.6 Å². The molecule has 0 saturated carbocycles. The fourth-order valence-corrected chi connectivity index (χ4v) is 5.00. The van der Waals surface area contributed by atoms with Crippen LogP contribution in [-0.4, -0.2) is 60.5 Å². The minimum atomic E-state index is 0.196. The highest BCUT2D eigenvalue weighted by molar-refractivity contribution is 6.30. The Morgan fingerprint density at radius 3 is 2.86 bits per heavy atom. The number of fused-ring (bicyclic) bond motifs is 1. The number of halogens is 1. The Hall–Kier alpha value is -3.82. The third-order valence-electron chi connectivity index (χ3n) is 6.56. The van der Waals surface area contributed by atoms with Crippen LogP contribution in [0.1, 0.15) is 18.3 Å². The predicted octanol–water partition coefficient (Wildman–Crippen LogP) is 4.76. The third kappa shape index (κ3) is 3.90. The molecule has 1 atom stereocenters. The summed E-state index contributed by atoms with van der Waals surface area (Å²) in [6, 6.07) is 8.07. The van der Waals surface area contributed by atoms with Gasteiger partial charge in [-0.1, -0.05) is 11.6 Å². The number of rotatable bonds is 4. The molecule has 0 bridgehead atoms. The van der Waals surface area contributed by atoms with E-state index in [1.54, 1.807) is 18.6 Å². The second kappa shape index (κ2) is 9.00. The fourth-order valence-electron chi connectivity index (χ4n) is 4.83. The fraction of sp³-hybridized carbons (Fsp3) is 0.269. The largest absolute Gasteiger partial charge is 0.377 e. The molecule has 0 aliphatic carbocycles. The summed E-state index contributed by atoms with van der Waals surface area (Å²) in [6.45, 7) is 8.26. The highest BCUT2D eigenvalue weighted by atomic mass is 35.5. The van der Waals surface area contributed by atoms with Crippen molar-refractivity contribution in [2.45, 2.75) is 26.8 Å². The molecule has 0 aromatic carbocycles. The van der Waals surface area contributed by atoms with Crippen molar-refractivity contribution in [3.05, 3.63) is 65.5 Å². The van der Waals surface area contributed by atoms with Gasteiger partial charge < -0.3 is 14.6 Å². The Morgan fingerprint density at radius 1 is 1.14 bits per heavy atom. The number of hydrogen-bond acceptors (Lipinski definition) is 7. The molecular weight excluding hydrogens is 476 g/mol. The average Bonchev–Trinajstić information content (AvgIpc) is 3.48. The summed E-state index contributed by atoms with van der Waals surface area (Å²) in [7, 11) is 0. The number of aromatic nitrogens is 7. The standard InChI is InChI=1S/C26H25ClN8O/c1-15-14-36-9-8-34(15)23-11-22(31-26(32-23)21-5-7-30-25-20(21)4-6-29-25)24-16(2)33-35(17(24)3)19-10-18(27)12-28-13-19/h4-7,10-13,15H,8-9,14H2,1-3H3,(H,29,30)/t15-/m1/s1. The second-order valence-electron chi connectivity index (χ2n) is 8.97. The number of aryl methyl sites for hydroxylation is 1. The number of pyridine rings is 2. The van der Waals surface area contributed by atoms with Crippen LogP contribution in [0.3, 0.4) is 0 Å². The van der Waals surface area contributed by atoms with Crippen molar-refractivity contribution in [1.82, 2.24) is 34.7 Å². The van der Waals surface area contributed by atoms with E-state index in [4.69, 9.17) is 31.4 Å². The molecule has 6 heterocycles. The molecular formula is C26H25ClN8O. The van der Waals surface area contributed by atoms with Gasteiger partial charge in [0.25, 0.3) is 0 Å². The molecule has 9 nitrogen and oxygen atoms in total. The van der Waals surface area contributed by atoms with Crippen LogP contribution in [0.25, 0.3) is 39.4 Å². The average molecular weight is 501 g/mol. The van der Waals surface area contributed by atoms with Gasteiger partial charge in [0.15, 0.2) is 5.82 Å². The summed E-state index contributed by atoms with van der Waals surface area (Å²) >= 11 is 6.21. The summed E-state index contributed by atoms with van der Waals surface area (Å²) in [5.74, 6) is 1.51. The minimum absolute atomic E-state index is 0.196. The van der Waals surface area contributed by atoms with Gasteiger partial charge >= 0.3 is 0 Å². The van der Waals surface area contributed by atoms with Crippen LogP contribution in [0.2, 0.25) is 5.02 Å².